The monoisotopic (exact) mass is 343 g/mol. The number of halogens is 1. The lowest BCUT2D eigenvalue weighted by atomic mass is 10.1. The molecule has 0 bridgehead atoms. The van der Waals surface area contributed by atoms with Crippen molar-refractivity contribution in [2.45, 2.75) is 51.7 Å². The molecule has 0 amide bonds. The van der Waals surface area contributed by atoms with Gasteiger partial charge >= 0.3 is 0 Å². The van der Waals surface area contributed by atoms with Crippen LogP contribution in [0.1, 0.15) is 37.9 Å². The lowest BCUT2D eigenvalue weighted by Gasteiger charge is -2.30. The molecule has 8 heteroatoms. The topological polar surface area (TPSA) is 78.9 Å². The van der Waals surface area contributed by atoms with Crippen LogP contribution in [0.4, 0.5) is 22.1 Å². The molecule has 132 valence electrons. The summed E-state index contributed by atoms with van der Waals surface area (Å²) in [5.74, 6) is 1.67. The van der Waals surface area contributed by atoms with Crippen LogP contribution in [0, 0.1) is 5.82 Å². The summed E-state index contributed by atoms with van der Waals surface area (Å²) in [5, 5.41) is 6.82. The first-order valence-electron chi connectivity index (χ1n) is 8.74. The highest BCUT2D eigenvalue weighted by molar-refractivity contribution is 5.55. The maximum Gasteiger partial charge on any atom is 0.225 e. The van der Waals surface area contributed by atoms with E-state index in [1.165, 1.54) is 25.2 Å². The van der Waals surface area contributed by atoms with Crippen molar-refractivity contribution in [3.8, 4) is 0 Å². The Labute approximate surface area is 146 Å². The van der Waals surface area contributed by atoms with Crippen molar-refractivity contribution in [1.82, 2.24) is 19.9 Å². The zero-order valence-electron chi connectivity index (χ0n) is 14.5. The van der Waals surface area contributed by atoms with Crippen molar-refractivity contribution in [1.29, 1.82) is 0 Å². The molecule has 2 aromatic heterocycles. The van der Waals surface area contributed by atoms with Crippen LogP contribution >= 0.6 is 0 Å². The molecule has 3 heterocycles. The number of hydrogen-bond donors (Lipinski definition) is 2. The zero-order valence-corrected chi connectivity index (χ0v) is 14.5. The zero-order chi connectivity index (χ0) is 17.4. The van der Waals surface area contributed by atoms with Crippen molar-refractivity contribution in [2.24, 2.45) is 0 Å². The van der Waals surface area contributed by atoms with E-state index < -0.39 is 5.82 Å². The third-order valence-electron chi connectivity index (χ3n) is 4.29. The fourth-order valence-electron chi connectivity index (χ4n) is 2.92. The summed E-state index contributed by atoms with van der Waals surface area (Å²) in [6.45, 7) is 5.52. The van der Waals surface area contributed by atoms with Gasteiger partial charge in [-0.3, -0.25) is 0 Å². The predicted octanol–water partition coefficient (Wildman–Crippen LogP) is 2.36. The molecular weight excluding hydrogens is 321 g/mol. The minimum Gasteiger partial charge on any atom is -0.367 e. The lowest BCUT2D eigenvalue weighted by Crippen LogP contribution is -2.33. The van der Waals surface area contributed by atoms with E-state index in [9.17, 15) is 4.39 Å². The molecule has 1 aliphatic heterocycles. The molecule has 2 aromatic rings. The number of nitrogens with zero attached hydrogens (tertiary/aromatic N) is 5. The average Bonchev–Trinajstić information content (AvgIpc) is 3.39. The highest BCUT2D eigenvalue weighted by Gasteiger charge is 2.28. The second kappa shape index (κ2) is 6.42. The molecule has 4 rings (SSSR count). The Balaban J connectivity index is 1.63. The van der Waals surface area contributed by atoms with Gasteiger partial charge in [-0.25, -0.2) is 19.3 Å². The average molecular weight is 343 g/mol. The second-order valence-corrected chi connectivity index (χ2v) is 6.91. The van der Waals surface area contributed by atoms with E-state index in [1.54, 1.807) is 0 Å². The van der Waals surface area contributed by atoms with Crippen LogP contribution < -0.4 is 15.5 Å². The molecule has 0 atom stereocenters. The van der Waals surface area contributed by atoms with Crippen LogP contribution in [0.3, 0.4) is 0 Å². The molecule has 1 fully saturated rings. The van der Waals surface area contributed by atoms with Gasteiger partial charge in [-0.1, -0.05) is 0 Å². The fourth-order valence-corrected chi connectivity index (χ4v) is 2.92. The molecule has 0 unspecified atom stereocenters. The first kappa shape index (κ1) is 16.0. The molecule has 0 aromatic carbocycles. The van der Waals surface area contributed by atoms with Gasteiger partial charge in [0.1, 0.15) is 5.82 Å². The molecule has 2 N–H and O–H groups in total. The van der Waals surface area contributed by atoms with Gasteiger partial charge in [-0.05, 0) is 26.7 Å². The van der Waals surface area contributed by atoms with Gasteiger partial charge in [0.05, 0.1) is 24.6 Å². The predicted molar refractivity (Wildman–Crippen MR) is 94.2 cm³/mol. The smallest absolute Gasteiger partial charge is 0.225 e. The maximum atomic E-state index is 13.1. The first-order chi connectivity index (χ1) is 12.1. The Morgan fingerprint density at radius 2 is 1.96 bits per heavy atom. The third-order valence-corrected chi connectivity index (χ3v) is 4.29. The number of hydrogen-bond acceptors (Lipinski definition) is 7. The summed E-state index contributed by atoms with van der Waals surface area (Å²) >= 11 is 0. The van der Waals surface area contributed by atoms with Crippen LogP contribution in [0.5, 0.6) is 0 Å². The number of nitrogens with one attached hydrogen (secondary N) is 2. The Kier molecular flexibility index (Phi) is 4.10. The molecule has 25 heavy (non-hydrogen) atoms. The minimum absolute atomic E-state index is 0.277. The van der Waals surface area contributed by atoms with E-state index in [0.717, 1.165) is 30.0 Å². The molecule has 7 nitrogen and oxygen atoms in total. The normalized spacial score (nSPS) is 16.7. The van der Waals surface area contributed by atoms with Crippen molar-refractivity contribution in [2.75, 3.05) is 22.1 Å². The van der Waals surface area contributed by atoms with E-state index in [1.807, 2.05) is 4.90 Å². The van der Waals surface area contributed by atoms with Crippen LogP contribution in [0.2, 0.25) is 0 Å². The lowest BCUT2D eigenvalue weighted by molar-refractivity contribution is 0.607. The number of rotatable bonds is 5. The number of aromatic nitrogens is 4. The summed E-state index contributed by atoms with van der Waals surface area (Å²) < 4.78 is 13.1. The summed E-state index contributed by atoms with van der Waals surface area (Å²) in [6, 6.07) is 0.780. The van der Waals surface area contributed by atoms with Crippen molar-refractivity contribution in [3.63, 3.8) is 0 Å². The Hall–Kier alpha value is -2.51. The molecule has 0 radical (unpaired) electrons. The Bertz CT molecular complexity index is 758. The van der Waals surface area contributed by atoms with E-state index in [-0.39, 0.29) is 6.04 Å². The summed E-state index contributed by atoms with van der Waals surface area (Å²) in [7, 11) is 0. The van der Waals surface area contributed by atoms with E-state index in [0.29, 0.717) is 24.5 Å². The van der Waals surface area contributed by atoms with E-state index in [4.69, 9.17) is 4.98 Å². The number of anilines is 3. The molecular formula is C17H22FN7. The van der Waals surface area contributed by atoms with Crippen molar-refractivity contribution in [3.05, 3.63) is 29.5 Å². The molecule has 0 spiro atoms. The van der Waals surface area contributed by atoms with Gasteiger partial charge in [0.2, 0.25) is 11.9 Å². The summed E-state index contributed by atoms with van der Waals surface area (Å²) in [4.78, 5) is 19.6. The van der Waals surface area contributed by atoms with Gasteiger partial charge in [0.15, 0.2) is 5.82 Å². The summed E-state index contributed by atoms with van der Waals surface area (Å²) in [5.41, 5.74) is 2.14. The van der Waals surface area contributed by atoms with Gasteiger partial charge in [-0.2, -0.15) is 4.98 Å². The number of fused-ring (bicyclic) bond motifs is 1. The van der Waals surface area contributed by atoms with Gasteiger partial charge < -0.3 is 15.5 Å². The highest BCUT2D eigenvalue weighted by atomic mass is 19.1. The Morgan fingerprint density at radius 3 is 2.64 bits per heavy atom. The fraction of sp³-hybridized carbons (Fsp3) is 0.529. The van der Waals surface area contributed by atoms with Gasteiger partial charge in [0.25, 0.3) is 0 Å². The molecule has 2 aliphatic rings. The SMILES string of the molecule is CC(C)Nc1nc2c(c(NC3CC3)n1)CN(c1ncc(F)cn1)CC2. The third kappa shape index (κ3) is 3.62. The largest absolute Gasteiger partial charge is 0.367 e. The van der Waals surface area contributed by atoms with E-state index in [2.05, 4.69) is 39.4 Å². The summed E-state index contributed by atoms with van der Waals surface area (Å²) in [6.07, 6.45) is 5.54. The second-order valence-electron chi connectivity index (χ2n) is 6.91. The Morgan fingerprint density at radius 1 is 1.20 bits per heavy atom. The van der Waals surface area contributed by atoms with Crippen LogP contribution in [-0.4, -0.2) is 38.6 Å². The van der Waals surface area contributed by atoms with Crippen molar-refractivity contribution >= 4 is 17.7 Å². The maximum absolute atomic E-state index is 13.1. The molecule has 1 aliphatic carbocycles. The van der Waals surface area contributed by atoms with Crippen LogP contribution in [0.15, 0.2) is 12.4 Å². The molecule has 1 saturated carbocycles. The van der Waals surface area contributed by atoms with Gasteiger partial charge in [0, 0.05) is 30.6 Å². The van der Waals surface area contributed by atoms with Crippen molar-refractivity contribution < 1.29 is 4.39 Å². The van der Waals surface area contributed by atoms with Crippen LogP contribution in [-0.2, 0) is 13.0 Å². The van der Waals surface area contributed by atoms with Gasteiger partial charge in [-0.15, -0.1) is 0 Å². The molecule has 0 saturated heterocycles. The standard InChI is InChI=1S/C17H22FN7/c1-10(2)21-16-23-14-5-6-25(17-19-7-11(18)8-20-17)9-13(14)15(24-16)22-12-3-4-12/h7-8,10,12H,3-6,9H2,1-2H3,(H2,21,22,23,24). The van der Waals surface area contributed by atoms with Crippen LogP contribution in [0.25, 0.3) is 0 Å². The first-order valence-corrected chi connectivity index (χ1v) is 8.74. The minimum atomic E-state index is -0.426. The van der Waals surface area contributed by atoms with E-state index >= 15 is 0 Å². The highest BCUT2D eigenvalue weighted by Crippen LogP contribution is 2.31. The quantitative estimate of drug-likeness (QED) is 0.863.